The van der Waals surface area contributed by atoms with Gasteiger partial charge in [-0.1, -0.05) is 24.3 Å². The summed E-state index contributed by atoms with van der Waals surface area (Å²) in [6.07, 6.45) is 3.55. The third-order valence-corrected chi connectivity index (χ3v) is 5.20. The molecule has 1 aromatic carbocycles. The molecule has 1 aromatic rings. The van der Waals surface area contributed by atoms with E-state index in [2.05, 4.69) is 10.0 Å². The second-order valence-corrected chi connectivity index (χ2v) is 7.66. The van der Waals surface area contributed by atoms with E-state index in [1.807, 2.05) is 6.07 Å². The molecule has 0 saturated carbocycles. The molecule has 0 unspecified atom stereocenters. The van der Waals surface area contributed by atoms with Gasteiger partial charge >= 0.3 is 0 Å². The SMILES string of the molecule is CNS(=O)(=O)Cc1cccc(CNC(=O)CC[C@H]2CCCO2)c1. The quantitative estimate of drug-likeness (QED) is 0.747. The number of ether oxygens (including phenoxy) is 1. The third kappa shape index (κ3) is 6.29. The molecule has 23 heavy (non-hydrogen) atoms. The Labute approximate surface area is 137 Å². The predicted octanol–water partition coefficient (Wildman–Crippen LogP) is 1.31. The highest BCUT2D eigenvalue weighted by Crippen LogP contribution is 2.16. The number of hydrogen-bond donors (Lipinski definition) is 2. The number of nitrogens with one attached hydrogen (secondary N) is 2. The lowest BCUT2D eigenvalue weighted by atomic mass is 10.1. The molecular formula is C16H24N2O4S. The summed E-state index contributed by atoms with van der Waals surface area (Å²) >= 11 is 0. The van der Waals surface area contributed by atoms with Crippen molar-refractivity contribution in [1.29, 1.82) is 0 Å². The first-order valence-corrected chi connectivity index (χ1v) is 9.51. The van der Waals surface area contributed by atoms with Crippen LogP contribution in [0.5, 0.6) is 0 Å². The van der Waals surface area contributed by atoms with Crippen LogP contribution >= 0.6 is 0 Å². The molecule has 128 valence electrons. The molecule has 1 aliphatic heterocycles. The van der Waals surface area contributed by atoms with E-state index in [9.17, 15) is 13.2 Å². The number of carbonyl (C=O) groups excluding carboxylic acids is 1. The Balaban J connectivity index is 1.79. The van der Waals surface area contributed by atoms with Gasteiger partial charge in [-0.15, -0.1) is 0 Å². The first kappa shape index (κ1) is 17.9. The minimum atomic E-state index is -3.29. The van der Waals surface area contributed by atoms with Gasteiger partial charge in [-0.05, 0) is 37.4 Å². The summed E-state index contributed by atoms with van der Waals surface area (Å²) in [6, 6.07) is 7.23. The minimum Gasteiger partial charge on any atom is -0.378 e. The molecule has 0 radical (unpaired) electrons. The zero-order valence-corrected chi connectivity index (χ0v) is 14.2. The van der Waals surface area contributed by atoms with Crippen LogP contribution in [-0.4, -0.2) is 34.1 Å². The van der Waals surface area contributed by atoms with Gasteiger partial charge < -0.3 is 10.1 Å². The van der Waals surface area contributed by atoms with Gasteiger partial charge in [-0.25, -0.2) is 13.1 Å². The van der Waals surface area contributed by atoms with E-state index in [-0.39, 0.29) is 17.8 Å². The van der Waals surface area contributed by atoms with Crippen LogP contribution in [0.1, 0.15) is 36.8 Å². The zero-order valence-electron chi connectivity index (χ0n) is 13.4. The number of rotatable bonds is 8. The van der Waals surface area contributed by atoms with Crippen LogP contribution in [0.3, 0.4) is 0 Å². The Bertz CT molecular complexity index is 625. The van der Waals surface area contributed by atoms with Gasteiger partial charge in [0.05, 0.1) is 11.9 Å². The Morgan fingerprint density at radius 2 is 2.13 bits per heavy atom. The lowest BCUT2D eigenvalue weighted by molar-refractivity contribution is -0.121. The molecule has 1 atom stereocenters. The van der Waals surface area contributed by atoms with Gasteiger partial charge in [-0.2, -0.15) is 0 Å². The number of amides is 1. The molecule has 2 N–H and O–H groups in total. The maximum Gasteiger partial charge on any atom is 0.220 e. The van der Waals surface area contributed by atoms with Gasteiger partial charge in [0.1, 0.15) is 0 Å². The van der Waals surface area contributed by atoms with E-state index in [0.717, 1.165) is 31.4 Å². The third-order valence-electron chi connectivity index (χ3n) is 3.87. The smallest absolute Gasteiger partial charge is 0.220 e. The van der Waals surface area contributed by atoms with Crippen molar-refractivity contribution in [3.8, 4) is 0 Å². The molecular weight excluding hydrogens is 316 g/mol. The number of hydrogen-bond acceptors (Lipinski definition) is 4. The summed E-state index contributed by atoms with van der Waals surface area (Å²) in [5.74, 6) is -0.0710. The van der Waals surface area contributed by atoms with Gasteiger partial charge in [0.15, 0.2) is 0 Å². The van der Waals surface area contributed by atoms with Crippen molar-refractivity contribution in [2.45, 2.75) is 44.1 Å². The van der Waals surface area contributed by atoms with Crippen LogP contribution in [-0.2, 0) is 31.9 Å². The summed E-state index contributed by atoms with van der Waals surface area (Å²) in [5.41, 5.74) is 1.59. The van der Waals surface area contributed by atoms with Gasteiger partial charge in [0, 0.05) is 19.6 Å². The lowest BCUT2D eigenvalue weighted by Gasteiger charge is -2.10. The van der Waals surface area contributed by atoms with Crippen LogP contribution in [0.4, 0.5) is 0 Å². The normalized spacial score (nSPS) is 18.0. The molecule has 7 heteroatoms. The predicted molar refractivity (Wildman–Crippen MR) is 88.2 cm³/mol. The van der Waals surface area contributed by atoms with Crippen LogP contribution in [0.25, 0.3) is 0 Å². The van der Waals surface area contributed by atoms with Crippen LogP contribution in [0, 0.1) is 0 Å². The van der Waals surface area contributed by atoms with Crippen LogP contribution < -0.4 is 10.0 Å². The van der Waals surface area contributed by atoms with E-state index in [4.69, 9.17) is 4.74 Å². The van der Waals surface area contributed by atoms with E-state index < -0.39 is 10.0 Å². The summed E-state index contributed by atoms with van der Waals surface area (Å²) in [7, 11) is -1.89. The summed E-state index contributed by atoms with van der Waals surface area (Å²) in [5, 5.41) is 2.87. The Morgan fingerprint density at radius 1 is 1.35 bits per heavy atom. The summed E-state index contributed by atoms with van der Waals surface area (Å²) in [6.45, 7) is 1.20. The molecule has 1 aliphatic rings. The maximum absolute atomic E-state index is 11.9. The number of sulfonamides is 1. The molecule has 1 heterocycles. The van der Waals surface area contributed by atoms with Crippen molar-refractivity contribution in [1.82, 2.24) is 10.0 Å². The summed E-state index contributed by atoms with van der Waals surface area (Å²) < 4.78 is 30.9. The maximum atomic E-state index is 11.9. The molecule has 6 nitrogen and oxygen atoms in total. The van der Waals surface area contributed by atoms with Crippen molar-refractivity contribution < 1.29 is 17.9 Å². The molecule has 1 amide bonds. The zero-order chi connectivity index (χ0) is 16.7. The Hall–Kier alpha value is -1.44. The Kier molecular flexibility index (Phi) is 6.56. The van der Waals surface area contributed by atoms with Crippen molar-refractivity contribution in [3.63, 3.8) is 0 Å². The first-order valence-electron chi connectivity index (χ1n) is 7.86. The fraction of sp³-hybridized carbons (Fsp3) is 0.562. The highest BCUT2D eigenvalue weighted by molar-refractivity contribution is 7.88. The van der Waals surface area contributed by atoms with Crippen molar-refractivity contribution in [3.05, 3.63) is 35.4 Å². The highest BCUT2D eigenvalue weighted by Gasteiger charge is 2.16. The van der Waals surface area contributed by atoms with Gasteiger partial charge in [0.2, 0.25) is 15.9 Å². The lowest BCUT2D eigenvalue weighted by Crippen LogP contribution is -2.24. The van der Waals surface area contributed by atoms with Crippen LogP contribution in [0.15, 0.2) is 24.3 Å². The van der Waals surface area contributed by atoms with Gasteiger partial charge in [-0.3, -0.25) is 4.79 Å². The molecule has 0 spiro atoms. The molecule has 0 aliphatic carbocycles. The van der Waals surface area contributed by atoms with E-state index in [0.29, 0.717) is 18.5 Å². The van der Waals surface area contributed by atoms with E-state index >= 15 is 0 Å². The fourth-order valence-corrected chi connectivity index (χ4v) is 3.34. The van der Waals surface area contributed by atoms with E-state index in [1.165, 1.54) is 7.05 Å². The molecule has 0 bridgehead atoms. The van der Waals surface area contributed by atoms with Crippen molar-refractivity contribution in [2.24, 2.45) is 0 Å². The van der Waals surface area contributed by atoms with E-state index in [1.54, 1.807) is 18.2 Å². The van der Waals surface area contributed by atoms with Crippen LogP contribution in [0.2, 0.25) is 0 Å². The topological polar surface area (TPSA) is 84.5 Å². The first-order chi connectivity index (χ1) is 11.0. The molecule has 2 rings (SSSR count). The van der Waals surface area contributed by atoms with Crippen molar-refractivity contribution in [2.75, 3.05) is 13.7 Å². The van der Waals surface area contributed by atoms with Gasteiger partial charge in [0.25, 0.3) is 0 Å². The second-order valence-electron chi connectivity index (χ2n) is 5.73. The molecule has 1 saturated heterocycles. The highest BCUT2D eigenvalue weighted by atomic mass is 32.2. The largest absolute Gasteiger partial charge is 0.378 e. The average Bonchev–Trinajstić information content (AvgIpc) is 3.04. The number of benzene rings is 1. The standard InChI is InChI=1S/C16H24N2O4S/c1-17-23(20,21)12-14-5-2-4-13(10-14)11-18-16(19)8-7-15-6-3-9-22-15/h2,4-5,10,15,17H,3,6-9,11-12H2,1H3,(H,18,19)/t15-/m1/s1. The Morgan fingerprint density at radius 3 is 2.83 bits per heavy atom. The average molecular weight is 340 g/mol. The molecule has 1 fully saturated rings. The second kappa shape index (κ2) is 8.42. The monoisotopic (exact) mass is 340 g/mol. The minimum absolute atomic E-state index is 0.00579. The fourth-order valence-electron chi connectivity index (χ4n) is 2.57. The summed E-state index contributed by atoms with van der Waals surface area (Å²) in [4.78, 5) is 11.9. The number of carbonyl (C=O) groups is 1. The van der Waals surface area contributed by atoms with Crippen molar-refractivity contribution >= 4 is 15.9 Å². The molecule has 0 aromatic heterocycles.